The molecule has 2 aliphatic rings. The smallest absolute Gasteiger partial charge is 0.188 e. The van der Waals surface area contributed by atoms with Crippen LogP contribution < -0.4 is 11.1 Å². The molecule has 0 radical (unpaired) electrons. The Morgan fingerprint density at radius 3 is 2.95 bits per heavy atom. The maximum Gasteiger partial charge on any atom is 0.188 e. The van der Waals surface area contributed by atoms with Crippen molar-refractivity contribution < 1.29 is 4.74 Å². The van der Waals surface area contributed by atoms with Gasteiger partial charge in [0, 0.05) is 35.9 Å². The highest BCUT2D eigenvalue weighted by Crippen LogP contribution is 2.57. The molecule has 2 atom stereocenters. The van der Waals surface area contributed by atoms with Crippen LogP contribution in [0.15, 0.2) is 22.5 Å². The highest BCUT2D eigenvalue weighted by Gasteiger charge is 2.59. The number of nitrogens with zero attached hydrogens (tertiary/aromatic N) is 1. The molecule has 2 saturated carbocycles. The molecule has 1 aromatic heterocycles. The van der Waals surface area contributed by atoms with E-state index >= 15 is 0 Å². The molecule has 0 saturated heterocycles. The van der Waals surface area contributed by atoms with E-state index in [2.05, 4.69) is 34.7 Å². The molecule has 0 aliphatic heterocycles. The van der Waals surface area contributed by atoms with Gasteiger partial charge in [0.15, 0.2) is 5.96 Å². The first-order valence-corrected chi connectivity index (χ1v) is 8.83. The Balaban J connectivity index is 0.00000176. The molecule has 2 aliphatic carbocycles. The molecular formula is C16H26IN3OS. The van der Waals surface area contributed by atoms with Crippen LogP contribution >= 0.6 is 35.3 Å². The molecule has 0 aromatic carbocycles. The Labute approximate surface area is 153 Å². The van der Waals surface area contributed by atoms with Crippen molar-refractivity contribution in [3.8, 4) is 0 Å². The van der Waals surface area contributed by atoms with Crippen LogP contribution in [-0.4, -0.2) is 31.3 Å². The van der Waals surface area contributed by atoms with Gasteiger partial charge in [-0.3, -0.25) is 4.99 Å². The number of rotatable bonds is 6. The summed E-state index contributed by atoms with van der Waals surface area (Å²) in [6.07, 6.45) is 6.30. The number of nitrogens with one attached hydrogen (secondary N) is 1. The second-order valence-corrected chi connectivity index (χ2v) is 7.09. The number of thiophene rings is 1. The van der Waals surface area contributed by atoms with E-state index < -0.39 is 0 Å². The Kier molecular flexibility index (Phi) is 6.52. The van der Waals surface area contributed by atoms with Crippen molar-refractivity contribution in [2.45, 2.75) is 51.2 Å². The lowest BCUT2D eigenvalue weighted by Crippen LogP contribution is -2.68. The van der Waals surface area contributed by atoms with Crippen LogP contribution in [-0.2, 0) is 11.2 Å². The van der Waals surface area contributed by atoms with Crippen LogP contribution in [0.5, 0.6) is 0 Å². The molecule has 2 unspecified atom stereocenters. The van der Waals surface area contributed by atoms with E-state index in [1.54, 1.807) is 11.3 Å². The largest absolute Gasteiger partial charge is 0.378 e. The number of guanidine groups is 1. The first-order valence-electron chi connectivity index (χ1n) is 7.95. The zero-order valence-electron chi connectivity index (χ0n) is 13.1. The molecule has 1 heterocycles. The number of hydrogen-bond acceptors (Lipinski definition) is 3. The van der Waals surface area contributed by atoms with Gasteiger partial charge in [0.25, 0.3) is 0 Å². The summed E-state index contributed by atoms with van der Waals surface area (Å²) in [5.41, 5.74) is 6.38. The summed E-state index contributed by atoms with van der Waals surface area (Å²) in [7, 11) is 0. The van der Waals surface area contributed by atoms with Crippen LogP contribution in [0.25, 0.3) is 0 Å². The first-order chi connectivity index (χ1) is 10.2. The maximum absolute atomic E-state index is 6.04. The van der Waals surface area contributed by atoms with E-state index in [0.29, 0.717) is 23.5 Å². The van der Waals surface area contributed by atoms with Crippen molar-refractivity contribution in [3.05, 3.63) is 22.4 Å². The van der Waals surface area contributed by atoms with Gasteiger partial charge in [-0.15, -0.1) is 35.3 Å². The molecule has 22 heavy (non-hydrogen) atoms. The van der Waals surface area contributed by atoms with E-state index in [0.717, 1.165) is 26.0 Å². The van der Waals surface area contributed by atoms with Gasteiger partial charge in [-0.1, -0.05) is 12.5 Å². The molecule has 3 rings (SSSR count). The average Bonchev–Trinajstić information content (AvgIpc) is 2.88. The molecule has 124 valence electrons. The number of hydrogen-bond donors (Lipinski definition) is 2. The predicted octanol–water partition coefficient (Wildman–Crippen LogP) is 3.16. The van der Waals surface area contributed by atoms with Crippen LogP contribution in [0.3, 0.4) is 0 Å². The Bertz CT molecular complexity index is 488. The fourth-order valence-corrected chi connectivity index (χ4v) is 4.30. The molecule has 3 N–H and O–H groups in total. The van der Waals surface area contributed by atoms with Crippen LogP contribution in [0.2, 0.25) is 0 Å². The van der Waals surface area contributed by atoms with Crippen molar-refractivity contribution in [1.82, 2.24) is 5.32 Å². The zero-order valence-corrected chi connectivity index (χ0v) is 16.2. The second kappa shape index (κ2) is 7.97. The lowest BCUT2D eigenvalue weighted by molar-refractivity contribution is -0.168. The summed E-state index contributed by atoms with van der Waals surface area (Å²) in [5, 5.41) is 5.53. The number of nitrogens with two attached hydrogens (primary N) is 1. The second-order valence-electron chi connectivity index (χ2n) is 6.06. The normalized spacial score (nSPS) is 26.0. The highest BCUT2D eigenvalue weighted by atomic mass is 127. The number of halogens is 1. The third-order valence-electron chi connectivity index (χ3n) is 4.98. The van der Waals surface area contributed by atoms with Gasteiger partial charge >= 0.3 is 0 Å². The minimum absolute atomic E-state index is 0. The van der Waals surface area contributed by atoms with Gasteiger partial charge in [0.2, 0.25) is 0 Å². The molecule has 0 amide bonds. The van der Waals surface area contributed by atoms with E-state index in [1.807, 2.05) is 0 Å². The number of ether oxygens (including phenoxy) is 1. The Morgan fingerprint density at radius 1 is 1.55 bits per heavy atom. The van der Waals surface area contributed by atoms with Gasteiger partial charge in [-0.05, 0) is 37.6 Å². The van der Waals surface area contributed by atoms with Crippen molar-refractivity contribution in [2.24, 2.45) is 16.1 Å². The summed E-state index contributed by atoms with van der Waals surface area (Å²) in [5.74, 6) is 0.595. The Morgan fingerprint density at radius 2 is 2.36 bits per heavy atom. The SMILES string of the molecule is CCOC1CC(NC(N)=NCCc2cccs2)C12CCC2.I. The molecular weight excluding hydrogens is 409 g/mol. The van der Waals surface area contributed by atoms with Gasteiger partial charge in [0.1, 0.15) is 0 Å². The monoisotopic (exact) mass is 435 g/mol. The molecule has 4 nitrogen and oxygen atoms in total. The molecule has 1 aromatic rings. The van der Waals surface area contributed by atoms with Gasteiger partial charge in [0.05, 0.1) is 6.10 Å². The summed E-state index contributed by atoms with van der Waals surface area (Å²) in [6.45, 7) is 3.64. The zero-order chi connectivity index (χ0) is 14.7. The lowest BCUT2D eigenvalue weighted by Gasteiger charge is -2.61. The lowest BCUT2D eigenvalue weighted by atomic mass is 9.51. The molecule has 1 spiro atoms. The first kappa shape index (κ1) is 18.0. The maximum atomic E-state index is 6.04. The highest BCUT2D eigenvalue weighted by molar-refractivity contribution is 14.0. The number of aliphatic imine (C=N–C) groups is 1. The van der Waals surface area contributed by atoms with Crippen LogP contribution in [0.4, 0.5) is 0 Å². The topological polar surface area (TPSA) is 59.6 Å². The van der Waals surface area contributed by atoms with E-state index in [-0.39, 0.29) is 24.0 Å². The van der Waals surface area contributed by atoms with Crippen molar-refractivity contribution >= 4 is 41.3 Å². The fourth-order valence-electron chi connectivity index (χ4n) is 3.61. The third-order valence-corrected chi connectivity index (χ3v) is 5.92. The summed E-state index contributed by atoms with van der Waals surface area (Å²) >= 11 is 1.78. The summed E-state index contributed by atoms with van der Waals surface area (Å²) in [4.78, 5) is 5.83. The van der Waals surface area contributed by atoms with Gasteiger partial charge < -0.3 is 15.8 Å². The summed E-state index contributed by atoms with van der Waals surface area (Å²) < 4.78 is 5.86. The van der Waals surface area contributed by atoms with Crippen LogP contribution in [0.1, 0.15) is 37.5 Å². The van der Waals surface area contributed by atoms with Crippen molar-refractivity contribution in [1.29, 1.82) is 0 Å². The Hall–Kier alpha value is -0.340. The van der Waals surface area contributed by atoms with Gasteiger partial charge in [-0.2, -0.15) is 0 Å². The van der Waals surface area contributed by atoms with Gasteiger partial charge in [-0.25, -0.2) is 0 Å². The average molecular weight is 435 g/mol. The van der Waals surface area contributed by atoms with E-state index in [9.17, 15) is 0 Å². The molecule has 2 fully saturated rings. The third kappa shape index (κ3) is 3.59. The molecule has 0 bridgehead atoms. The quantitative estimate of drug-likeness (QED) is 0.410. The van der Waals surface area contributed by atoms with E-state index in [4.69, 9.17) is 10.5 Å². The standard InChI is InChI=1S/C16H25N3OS.HI/c1-2-20-14-11-13(16(14)7-4-8-16)19-15(17)18-9-6-12-5-3-10-21-12;/h3,5,10,13-14H,2,4,6-9,11H2,1H3,(H3,17,18,19);1H. The van der Waals surface area contributed by atoms with E-state index in [1.165, 1.54) is 24.1 Å². The van der Waals surface area contributed by atoms with Crippen molar-refractivity contribution in [3.63, 3.8) is 0 Å². The fraction of sp³-hybridized carbons (Fsp3) is 0.688. The minimum atomic E-state index is 0. The minimum Gasteiger partial charge on any atom is -0.378 e. The van der Waals surface area contributed by atoms with Crippen molar-refractivity contribution in [2.75, 3.05) is 13.2 Å². The van der Waals surface area contributed by atoms with Crippen LogP contribution in [0, 0.1) is 5.41 Å². The predicted molar refractivity (Wildman–Crippen MR) is 103 cm³/mol. The molecule has 6 heteroatoms. The summed E-state index contributed by atoms with van der Waals surface area (Å²) in [6, 6.07) is 4.67.